The van der Waals surface area contributed by atoms with E-state index in [1.807, 2.05) is 0 Å². The Morgan fingerprint density at radius 2 is 0.961 bits per heavy atom. The fraction of sp³-hybridized carbons (Fsp3) is 0.854. The topological polar surface area (TPSA) is 134 Å². The molecule has 3 N–H and O–H groups in total. The van der Waals surface area contributed by atoms with Gasteiger partial charge in [0.05, 0.1) is 13.2 Å². The number of esters is 2. The molecule has 2 atom stereocenters. The van der Waals surface area contributed by atoms with E-state index in [9.17, 15) is 19.0 Å². The Morgan fingerprint density at radius 1 is 0.569 bits per heavy atom. The van der Waals surface area contributed by atoms with E-state index in [0.29, 0.717) is 12.8 Å². The van der Waals surface area contributed by atoms with Crippen LogP contribution in [0.25, 0.3) is 0 Å². The Kier molecular flexibility index (Phi) is 37.1. The number of phosphoric acid groups is 1. The molecular weight excluding hydrogens is 665 g/mol. The van der Waals surface area contributed by atoms with Crippen LogP contribution >= 0.6 is 7.82 Å². The molecule has 0 amide bonds. The maximum atomic E-state index is 12.5. The SMILES string of the molecule is CCCCCCCCCCC/C=C\CCCCC(=O)OCC(COP(=O)(O)OCCN)OC(=O)CCCC/C=C\CCCCCCCCCCC. The van der Waals surface area contributed by atoms with E-state index >= 15 is 0 Å². The summed E-state index contributed by atoms with van der Waals surface area (Å²) in [6, 6.07) is 0. The highest BCUT2D eigenvalue weighted by Crippen LogP contribution is 2.43. The van der Waals surface area contributed by atoms with Crippen molar-refractivity contribution < 1.29 is 37.6 Å². The van der Waals surface area contributed by atoms with Gasteiger partial charge in [0.25, 0.3) is 0 Å². The number of nitrogens with two attached hydrogens (primary N) is 1. The van der Waals surface area contributed by atoms with Gasteiger partial charge < -0.3 is 20.1 Å². The Bertz CT molecular complexity index is 897. The molecule has 0 radical (unpaired) electrons. The van der Waals surface area contributed by atoms with Crippen molar-refractivity contribution >= 4 is 19.8 Å². The van der Waals surface area contributed by atoms with Crippen molar-refractivity contribution in [2.24, 2.45) is 5.73 Å². The van der Waals surface area contributed by atoms with Gasteiger partial charge in [0.2, 0.25) is 0 Å². The van der Waals surface area contributed by atoms with Gasteiger partial charge in [0, 0.05) is 19.4 Å². The lowest BCUT2D eigenvalue weighted by molar-refractivity contribution is -0.161. The van der Waals surface area contributed by atoms with Gasteiger partial charge in [-0.05, 0) is 64.2 Å². The van der Waals surface area contributed by atoms with Crippen LogP contribution < -0.4 is 5.73 Å². The van der Waals surface area contributed by atoms with E-state index in [0.717, 1.165) is 38.5 Å². The Labute approximate surface area is 312 Å². The van der Waals surface area contributed by atoms with Gasteiger partial charge in [0.1, 0.15) is 6.61 Å². The molecular formula is C41H78NO8P. The van der Waals surface area contributed by atoms with Gasteiger partial charge >= 0.3 is 19.8 Å². The summed E-state index contributed by atoms with van der Waals surface area (Å²) in [5, 5.41) is 0. The molecule has 0 aliphatic heterocycles. The van der Waals surface area contributed by atoms with Crippen molar-refractivity contribution in [1.82, 2.24) is 0 Å². The average molecular weight is 744 g/mol. The van der Waals surface area contributed by atoms with Gasteiger partial charge in [-0.1, -0.05) is 141 Å². The highest BCUT2D eigenvalue weighted by atomic mass is 31.2. The van der Waals surface area contributed by atoms with Crippen LogP contribution in [0.1, 0.15) is 194 Å². The van der Waals surface area contributed by atoms with Crippen molar-refractivity contribution in [3.05, 3.63) is 24.3 Å². The summed E-state index contributed by atoms with van der Waals surface area (Å²) < 4.78 is 32.7. The van der Waals surface area contributed by atoms with Gasteiger partial charge in [-0.15, -0.1) is 0 Å². The highest BCUT2D eigenvalue weighted by Gasteiger charge is 2.25. The van der Waals surface area contributed by atoms with Crippen LogP contribution in [-0.2, 0) is 32.7 Å². The third kappa shape index (κ3) is 38.0. The van der Waals surface area contributed by atoms with Gasteiger partial charge in [0.15, 0.2) is 6.10 Å². The fourth-order valence-corrected chi connectivity index (χ4v) is 6.45. The zero-order valence-electron chi connectivity index (χ0n) is 32.8. The molecule has 0 saturated heterocycles. The molecule has 300 valence electrons. The number of allylic oxidation sites excluding steroid dienone is 4. The van der Waals surface area contributed by atoms with E-state index in [-0.39, 0.29) is 32.6 Å². The first kappa shape index (κ1) is 49.5. The lowest BCUT2D eigenvalue weighted by Gasteiger charge is -2.19. The number of phosphoric ester groups is 1. The van der Waals surface area contributed by atoms with Crippen molar-refractivity contribution in [1.29, 1.82) is 0 Å². The molecule has 0 spiro atoms. The second-order valence-corrected chi connectivity index (χ2v) is 15.3. The molecule has 0 aromatic heterocycles. The fourth-order valence-electron chi connectivity index (χ4n) is 5.68. The monoisotopic (exact) mass is 744 g/mol. The number of hydrogen-bond acceptors (Lipinski definition) is 8. The molecule has 2 unspecified atom stereocenters. The minimum atomic E-state index is -4.38. The van der Waals surface area contributed by atoms with Crippen LogP contribution in [0.4, 0.5) is 0 Å². The summed E-state index contributed by atoms with van der Waals surface area (Å²) in [6.45, 7) is 3.69. The first-order chi connectivity index (χ1) is 24.8. The Morgan fingerprint density at radius 3 is 1.39 bits per heavy atom. The van der Waals surface area contributed by atoms with E-state index in [1.165, 1.54) is 116 Å². The number of ether oxygens (including phenoxy) is 2. The van der Waals surface area contributed by atoms with Crippen molar-refractivity contribution in [3.63, 3.8) is 0 Å². The second kappa shape index (κ2) is 38.2. The molecule has 10 heteroatoms. The lowest BCUT2D eigenvalue weighted by atomic mass is 10.1. The minimum absolute atomic E-state index is 0.0491. The number of rotatable bonds is 39. The van der Waals surface area contributed by atoms with E-state index in [2.05, 4.69) is 38.2 Å². The first-order valence-corrected chi connectivity index (χ1v) is 22.3. The Hall–Kier alpha value is -1.51. The van der Waals surface area contributed by atoms with Crippen LogP contribution in [0.3, 0.4) is 0 Å². The molecule has 0 fully saturated rings. The van der Waals surface area contributed by atoms with Crippen molar-refractivity contribution in [2.75, 3.05) is 26.4 Å². The molecule has 0 aromatic carbocycles. The number of unbranched alkanes of at least 4 members (excludes halogenated alkanes) is 22. The average Bonchev–Trinajstić information content (AvgIpc) is 3.11. The quantitative estimate of drug-likeness (QED) is 0.0273. The molecule has 0 saturated carbocycles. The summed E-state index contributed by atoms with van der Waals surface area (Å²) in [5.74, 6) is -0.876. The van der Waals surface area contributed by atoms with E-state index in [1.54, 1.807) is 0 Å². The van der Waals surface area contributed by atoms with Crippen LogP contribution in [-0.4, -0.2) is 49.3 Å². The van der Waals surface area contributed by atoms with Crippen LogP contribution in [0.15, 0.2) is 24.3 Å². The molecule has 0 aliphatic carbocycles. The molecule has 0 aliphatic rings. The standard InChI is InChI=1S/C41H78NO8P/c1-3-5-7-9-11-13-15-17-19-21-23-25-27-29-31-33-40(43)47-37-39(38-49-51(45,46)48-36-35-42)50-41(44)34-32-30-28-26-24-22-20-18-16-14-12-10-8-6-4-2/h23-26,39H,3-22,27-38,42H2,1-2H3,(H,45,46)/b25-23-,26-24-. The predicted octanol–water partition coefficient (Wildman–Crippen LogP) is 11.6. The predicted molar refractivity (Wildman–Crippen MR) is 211 cm³/mol. The lowest BCUT2D eigenvalue weighted by Crippen LogP contribution is -2.29. The maximum absolute atomic E-state index is 12.5. The van der Waals surface area contributed by atoms with Gasteiger partial charge in [-0.2, -0.15) is 0 Å². The van der Waals surface area contributed by atoms with Crippen LogP contribution in [0, 0.1) is 0 Å². The normalized spacial score (nSPS) is 13.6. The number of carbonyl (C=O) groups excluding carboxylic acids is 2. The van der Waals surface area contributed by atoms with Crippen molar-refractivity contribution in [2.45, 2.75) is 200 Å². The third-order valence-electron chi connectivity index (χ3n) is 8.81. The molecule has 51 heavy (non-hydrogen) atoms. The number of carbonyl (C=O) groups is 2. The summed E-state index contributed by atoms with van der Waals surface area (Å²) >= 11 is 0. The van der Waals surface area contributed by atoms with E-state index in [4.69, 9.17) is 24.3 Å². The van der Waals surface area contributed by atoms with Crippen LogP contribution in [0.2, 0.25) is 0 Å². The summed E-state index contributed by atoms with van der Waals surface area (Å²) in [4.78, 5) is 34.8. The molecule has 0 aromatic rings. The smallest absolute Gasteiger partial charge is 0.462 e. The van der Waals surface area contributed by atoms with E-state index < -0.39 is 32.5 Å². The highest BCUT2D eigenvalue weighted by molar-refractivity contribution is 7.47. The Balaban J connectivity index is 4.23. The minimum Gasteiger partial charge on any atom is -0.462 e. The second-order valence-electron chi connectivity index (χ2n) is 13.8. The first-order valence-electron chi connectivity index (χ1n) is 20.8. The third-order valence-corrected chi connectivity index (χ3v) is 9.79. The molecule has 0 heterocycles. The molecule has 0 bridgehead atoms. The summed E-state index contributed by atoms with van der Waals surface area (Å²) in [5.41, 5.74) is 5.34. The van der Waals surface area contributed by atoms with Crippen molar-refractivity contribution in [3.8, 4) is 0 Å². The summed E-state index contributed by atoms with van der Waals surface area (Å²) in [7, 11) is -4.38. The molecule has 9 nitrogen and oxygen atoms in total. The number of hydrogen-bond donors (Lipinski definition) is 2. The van der Waals surface area contributed by atoms with Crippen LogP contribution in [0.5, 0.6) is 0 Å². The zero-order valence-corrected chi connectivity index (χ0v) is 33.7. The zero-order chi connectivity index (χ0) is 37.5. The van der Waals surface area contributed by atoms with Gasteiger partial charge in [-0.3, -0.25) is 18.6 Å². The summed E-state index contributed by atoms with van der Waals surface area (Å²) in [6.07, 6.45) is 39.3. The maximum Gasteiger partial charge on any atom is 0.472 e. The van der Waals surface area contributed by atoms with Gasteiger partial charge in [-0.25, -0.2) is 4.57 Å². The largest absolute Gasteiger partial charge is 0.472 e. The molecule has 0 rings (SSSR count).